The summed E-state index contributed by atoms with van der Waals surface area (Å²) in [6.45, 7) is 7.77. The maximum atomic E-state index is 3.57. The summed E-state index contributed by atoms with van der Waals surface area (Å²) in [6, 6.07) is 2.81. The van der Waals surface area contributed by atoms with Crippen molar-refractivity contribution in [1.82, 2.24) is 5.32 Å². The predicted octanol–water partition coefficient (Wildman–Crippen LogP) is 3.51. The zero-order valence-corrected chi connectivity index (χ0v) is 9.58. The van der Waals surface area contributed by atoms with Crippen molar-refractivity contribution in [2.75, 3.05) is 6.54 Å². The topological polar surface area (TPSA) is 12.0 Å². The Kier molecular flexibility index (Phi) is 4.46. The molecule has 2 heteroatoms. The molecule has 0 saturated heterocycles. The van der Waals surface area contributed by atoms with Crippen LogP contribution in [0.4, 0.5) is 0 Å². The maximum Gasteiger partial charge on any atom is 0.0328 e. The molecule has 1 rings (SSSR count). The maximum absolute atomic E-state index is 3.57. The highest BCUT2D eigenvalue weighted by molar-refractivity contribution is 7.10. The second-order valence-electron chi connectivity index (χ2n) is 3.35. The number of hydrogen-bond donors (Lipinski definition) is 1. The molecule has 1 N–H and O–H groups in total. The molecule has 0 radical (unpaired) electrons. The molecule has 0 saturated carbocycles. The third kappa shape index (κ3) is 2.82. The Hall–Kier alpha value is -0.340. The summed E-state index contributed by atoms with van der Waals surface area (Å²) in [7, 11) is 0. The van der Waals surface area contributed by atoms with Gasteiger partial charge in [-0.3, -0.25) is 0 Å². The molecule has 0 aliphatic heterocycles. The molecule has 1 atom stereocenters. The van der Waals surface area contributed by atoms with Gasteiger partial charge in [0.1, 0.15) is 0 Å². The van der Waals surface area contributed by atoms with Crippen molar-refractivity contribution in [2.24, 2.45) is 0 Å². The number of nitrogens with one attached hydrogen (secondary N) is 1. The van der Waals surface area contributed by atoms with Crippen molar-refractivity contribution in [3.05, 3.63) is 21.9 Å². The van der Waals surface area contributed by atoms with E-state index in [1.165, 1.54) is 23.3 Å². The molecule has 0 aliphatic carbocycles. The van der Waals surface area contributed by atoms with Crippen LogP contribution < -0.4 is 5.32 Å². The highest BCUT2D eigenvalue weighted by Crippen LogP contribution is 2.24. The van der Waals surface area contributed by atoms with E-state index >= 15 is 0 Å². The molecule has 1 aromatic heterocycles. The van der Waals surface area contributed by atoms with Crippen molar-refractivity contribution in [3.63, 3.8) is 0 Å². The number of aryl methyl sites for hydroxylation is 1. The van der Waals surface area contributed by atoms with Crippen LogP contribution in [0, 0.1) is 6.92 Å². The molecule has 0 amide bonds. The Bertz CT molecular complexity index is 242. The predicted molar refractivity (Wildman–Crippen MR) is 60.4 cm³/mol. The van der Waals surface area contributed by atoms with Crippen LogP contribution in [-0.4, -0.2) is 6.54 Å². The molecule has 1 aromatic rings. The smallest absolute Gasteiger partial charge is 0.0328 e. The van der Waals surface area contributed by atoms with Gasteiger partial charge in [0.15, 0.2) is 0 Å². The first kappa shape index (κ1) is 10.7. The summed E-state index contributed by atoms with van der Waals surface area (Å²) in [5, 5.41) is 5.75. The summed E-state index contributed by atoms with van der Waals surface area (Å²) in [6.07, 6.45) is 2.39. The molecule has 0 aliphatic rings. The van der Waals surface area contributed by atoms with Crippen LogP contribution in [-0.2, 0) is 0 Å². The van der Waals surface area contributed by atoms with Gasteiger partial charge in [-0.1, -0.05) is 13.8 Å². The lowest BCUT2D eigenvalue weighted by Crippen LogP contribution is -2.21. The van der Waals surface area contributed by atoms with E-state index in [2.05, 4.69) is 37.5 Å². The number of thiophene rings is 1. The third-order valence-corrected chi connectivity index (χ3v) is 3.18. The van der Waals surface area contributed by atoms with E-state index in [9.17, 15) is 0 Å². The molecule has 0 spiro atoms. The number of rotatable bonds is 5. The average molecular weight is 197 g/mol. The zero-order chi connectivity index (χ0) is 9.68. The van der Waals surface area contributed by atoms with Crippen molar-refractivity contribution < 1.29 is 0 Å². The standard InChI is InChI=1S/C11H19NS/c1-4-7-12-11(5-2)10-6-8-13-9(10)3/h6,8,11-12H,4-5,7H2,1-3H3. The summed E-state index contributed by atoms with van der Waals surface area (Å²) in [4.78, 5) is 1.45. The summed E-state index contributed by atoms with van der Waals surface area (Å²) in [5.41, 5.74) is 1.49. The van der Waals surface area contributed by atoms with E-state index in [-0.39, 0.29) is 0 Å². The molecule has 13 heavy (non-hydrogen) atoms. The molecule has 1 heterocycles. The fraction of sp³-hybridized carbons (Fsp3) is 0.636. The second-order valence-corrected chi connectivity index (χ2v) is 4.47. The lowest BCUT2D eigenvalue weighted by Gasteiger charge is -2.16. The summed E-state index contributed by atoms with van der Waals surface area (Å²) < 4.78 is 0. The van der Waals surface area contributed by atoms with Gasteiger partial charge >= 0.3 is 0 Å². The lowest BCUT2D eigenvalue weighted by atomic mass is 10.1. The molecular weight excluding hydrogens is 178 g/mol. The molecule has 0 fully saturated rings. The van der Waals surface area contributed by atoms with Crippen molar-refractivity contribution in [3.8, 4) is 0 Å². The fourth-order valence-electron chi connectivity index (χ4n) is 1.55. The van der Waals surface area contributed by atoms with Gasteiger partial charge in [-0.2, -0.15) is 0 Å². The van der Waals surface area contributed by atoms with E-state index < -0.39 is 0 Å². The van der Waals surface area contributed by atoms with E-state index in [1.807, 2.05) is 11.3 Å². The quantitative estimate of drug-likeness (QED) is 0.761. The highest BCUT2D eigenvalue weighted by atomic mass is 32.1. The Morgan fingerprint density at radius 1 is 1.46 bits per heavy atom. The highest BCUT2D eigenvalue weighted by Gasteiger charge is 2.10. The molecule has 0 bridgehead atoms. The second kappa shape index (κ2) is 5.40. The van der Waals surface area contributed by atoms with Crippen LogP contribution in [0.15, 0.2) is 11.4 Å². The van der Waals surface area contributed by atoms with E-state index in [1.54, 1.807) is 0 Å². The lowest BCUT2D eigenvalue weighted by molar-refractivity contribution is 0.518. The molecule has 74 valence electrons. The Balaban J connectivity index is 2.61. The monoisotopic (exact) mass is 197 g/mol. The first-order chi connectivity index (χ1) is 6.29. The first-order valence-electron chi connectivity index (χ1n) is 5.07. The minimum absolute atomic E-state index is 0.561. The summed E-state index contributed by atoms with van der Waals surface area (Å²) in [5.74, 6) is 0. The van der Waals surface area contributed by atoms with Gasteiger partial charge in [0.05, 0.1) is 0 Å². The van der Waals surface area contributed by atoms with E-state index in [0.29, 0.717) is 6.04 Å². The largest absolute Gasteiger partial charge is 0.310 e. The van der Waals surface area contributed by atoms with Crippen LogP contribution in [0.5, 0.6) is 0 Å². The van der Waals surface area contributed by atoms with Gasteiger partial charge in [0.2, 0.25) is 0 Å². The third-order valence-electron chi connectivity index (χ3n) is 2.32. The van der Waals surface area contributed by atoms with Gasteiger partial charge in [-0.05, 0) is 43.3 Å². The van der Waals surface area contributed by atoms with Crippen molar-refractivity contribution >= 4 is 11.3 Å². The van der Waals surface area contributed by atoms with Crippen LogP contribution in [0.25, 0.3) is 0 Å². The molecule has 0 aromatic carbocycles. The van der Waals surface area contributed by atoms with E-state index in [4.69, 9.17) is 0 Å². The first-order valence-corrected chi connectivity index (χ1v) is 5.94. The van der Waals surface area contributed by atoms with Crippen molar-refractivity contribution in [1.29, 1.82) is 0 Å². The zero-order valence-electron chi connectivity index (χ0n) is 8.76. The normalized spacial score (nSPS) is 13.2. The van der Waals surface area contributed by atoms with E-state index in [0.717, 1.165) is 6.54 Å². The minimum Gasteiger partial charge on any atom is -0.310 e. The van der Waals surface area contributed by atoms with Gasteiger partial charge in [0.25, 0.3) is 0 Å². The molecule has 1 nitrogen and oxygen atoms in total. The number of hydrogen-bond acceptors (Lipinski definition) is 2. The van der Waals surface area contributed by atoms with Crippen LogP contribution in [0.1, 0.15) is 43.2 Å². The molecule has 1 unspecified atom stereocenters. The Morgan fingerprint density at radius 2 is 2.23 bits per heavy atom. The van der Waals surface area contributed by atoms with Crippen LogP contribution >= 0.6 is 11.3 Å². The van der Waals surface area contributed by atoms with Gasteiger partial charge in [0, 0.05) is 10.9 Å². The average Bonchev–Trinajstić information content (AvgIpc) is 2.54. The van der Waals surface area contributed by atoms with Crippen LogP contribution in [0.3, 0.4) is 0 Å². The Labute approximate surface area is 85.2 Å². The van der Waals surface area contributed by atoms with Gasteiger partial charge in [-0.15, -0.1) is 11.3 Å². The fourth-order valence-corrected chi connectivity index (χ4v) is 2.31. The van der Waals surface area contributed by atoms with Crippen LogP contribution in [0.2, 0.25) is 0 Å². The van der Waals surface area contributed by atoms with Crippen molar-refractivity contribution in [2.45, 2.75) is 39.7 Å². The Morgan fingerprint density at radius 3 is 2.69 bits per heavy atom. The molecular formula is C11H19NS. The van der Waals surface area contributed by atoms with Gasteiger partial charge in [-0.25, -0.2) is 0 Å². The SMILES string of the molecule is CCCNC(CC)c1ccsc1C. The minimum atomic E-state index is 0.561. The van der Waals surface area contributed by atoms with Gasteiger partial charge < -0.3 is 5.32 Å². The summed E-state index contributed by atoms with van der Waals surface area (Å²) >= 11 is 1.84.